The summed E-state index contributed by atoms with van der Waals surface area (Å²) in [6, 6.07) is 14.1. The van der Waals surface area contributed by atoms with E-state index in [-0.39, 0.29) is 61.3 Å². The van der Waals surface area contributed by atoms with E-state index in [0.29, 0.717) is 5.75 Å². The Kier molecular flexibility index (Phi) is 7.88. The molecular formula is C21H27N3O6S2. The van der Waals surface area contributed by atoms with Crippen LogP contribution in [-0.2, 0) is 24.8 Å². The summed E-state index contributed by atoms with van der Waals surface area (Å²) in [5, 5.41) is 2.68. The van der Waals surface area contributed by atoms with Crippen molar-refractivity contribution in [3.8, 4) is 5.75 Å². The number of hydrogen-bond acceptors (Lipinski definition) is 6. The second-order valence-electron chi connectivity index (χ2n) is 7.25. The molecule has 0 saturated carbocycles. The van der Waals surface area contributed by atoms with Crippen LogP contribution in [0.3, 0.4) is 0 Å². The Morgan fingerprint density at radius 3 is 2.12 bits per heavy atom. The summed E-state index contributed by atoms with van der Waals surface area (Å²) in [4.78, 5) is 12.4. The molecule has 0 aliphatic carbocycles. The Bertz CT molecular complexity index is 1140. The summed E-state index contributed by atoms with van der Waals surface area (Å²) in [5.74, 6) is 0.0799. The molecule has 32 heavy (non-hydrogen) atoms. The van der Waals surface area contributed by atoms with Gasteiger partial charge >= 0.3 is 0 Å². The van der Waals surface area contributed by atoms with E-state index < -0.39 is 20.0 Å². The molecule has 3 rings (SSSR count). The van der Waals surface area contributed by atoms with E-state index >= 15 is 0 Å². The number of hydrogen-bond donors (Lipinski definition) is 1. The fourth-order valence-corrected chi connectivity index (χ4v) is 6.43. The van der Waals surface area contributed by atoms with Gasteiger partial charge in [-0.3, -0.25) is 4.79 Å². The summed E-state index contributed by atoms with van der Waals surface area (Å²) < 4.78 is 60.2. The summed E-state index contributed by atoms with van der Waals surface area (Å²) in [6.07, 6.45) is 0.276. The standard InChI is InChI=1S/C21H27N3O6S2/c1-30-18-7-5-10-20(17-18)32(28,29)24-14-6-13-23(15-11-21(25)22-12-16-24)31(26,27)19-8-3-2-4-9-19/h2-5,7-10,17H,6,11-16H2,1H3,(H,22,25). The van der Waals surface area contributed by atoms with Gasteiger partial charge in [0.2, 0.25) is 26.0 Å². The Hall–Kier alpha value is -2.47. The van der Waals surface area contributed by atoms with Gasteiger partial charge in [0.25, 0.3) is 0 Å². The average molecular weight is 482 g/mol. The average Bonchev–Trinajstić information content (AvgIpc) is 2.84. The molecule has 1 fully saturated rings. The maximum absolute atomic E-state index is 13.2. The highest BCUT2D eigenvalue weighted by Crippen LogP contribution is 2.22. The van der Waals surface area contributed by atoms with Crippen molar-refractivity contribution >= 4 is 26.0 Å². The number of carbonyl (C=O) groups excluding carboxylic acids is 1. The van der Waals surface area contributed by atoms with Crippen molar-refractivity contribution in [3.05, 3.63) is 54.6 Å². The van der Waals surface area contributed by atoms with Crippen LogP contribution in [0.5, 0.6) is 5.75 Å². The van der Waals surface area contributed by atoms with Crippen LogP contribution in [-0.4, -0.2) is 71.2 Å². The highest BCUT2D eigenvalue weighted by molar-refractivity contribution is 7.89. The number of nitrogens with one attached hydrogen (secondary N) is 1. The maximum atomic E-state index is 13.2. The Balaban J connectivity index is 1.84. The van der Waals surface area contributed by atoms with E-state index in [1.807, 2.05) is 0 Å². The minimum absolute atomic E-state index is 0.00526. The lowest BCUT2D eigenvalue weighted by Crippen LogP contribution is -2.39. The van der Waals surface area contributed by atoms with E-state index in [9.17, 15) is 21.6 Å². The molecule has 0 spiro atoms. The van der Waals surface area contributed by atoms with E-state index in [4.69, 9.17) is 4.74 Å². The minimum atomic E-state index is -3.86. The molecule has 1 heterocycles. The quantitative estimate of drug-likeness (QED) is 0.689. The number of rotatable bonds is 5. The number of nitrogens with zero attached hydrogens (tertiary/aromatic N) is 2. The van der Waals surface area contributed by atoms with E-state index in [1.54, 1.807) is 30.3 Å². The third kappa shape index (κ3) is 5.66. The lowest BCUT2D eigenvalue weighted by atomic mass is 10.3. The van der Waals surface area contributed by atoms with Crippen LogP contribution in [0, 0.1) is 0 Å². The molecule has 9 nitrogen and oxygen atoms in total. The molecular weight excluding hydrogens is 454 g/mol. The van der Waals surface area contributed by atoms with Crippen LogP contribution in [0.4, 0.5) is 0 Å². The SMILES string of the molecule is COc1cccc(S(=O)(=O)N2CCCN(S(=O)(=O)c3ccccc3)CCC(=O)NCC2)c1. The summed E-state index contributed by atoms with van der Waals surface area (Å²) in [7, 11) is -6.22. The van der Waals surface area contributed by atoms with Crippen molar-refractivity contribution in [1.82, 2.24) is 13.9 Å². The monoisotopic (exact) mass is 481 g/mol. The highest BCUT2D eigenvalue weighted by atomic mass is 32.2. The molecule has 0 unspecified atom stereocenters. The van der Waals surface area contributed by atoms with Gasteiger partial charge in [0.05, 0.1) is 16.9 Å². The van der Waals surface area contributed by atoms with Crippen molar-refractivity contribution in [3.63, 3.8) is 0 Å². The maximum Gasteiger partial charge on any atom is 0.243 e. The lowest BCUT2D eigenvalue weighted by Gasteiger charge is -2.24. The lowest BCUT2D eigenvalue weighted by molar-refractivity contribution is -0.121. The van der Waals surface area contributed by atoms with Crippen LogP contribution >= 0.6 is 0 Å². The number of methoxy groups -OCH3 is 1. The van der Waals surface area contributed by atoms with Gasteiger partial charge in [-0.25, -0.2) is 16.8 Å². The van der Waals surface area contributed by atoms with Crippen LogP contribution in [0.25, 0.3) is 0 Å². The van der Waals surface area contributed by atoms with Crippen molar-refractivity contribution in [1.29, 1.82) is 0 Å². The van der Waals surface area contributed by atoms with E-state index in [1.165, 1.54) is 40.0 Å². The second-order valence-corrected chi connectivity index (χ2v) is 11.1. The molecule has 1 amide bonds. The first-order valence-corrected chi connectivity index (χ1v) is 13.1. The van der Waals surface area contributed by atoms with Gasteiger partial charge in [-0.1, -0.05) is 24.3 Å². The predicted octanol–water partition coefficient (Wildman–Crippen LogP) is 1.29. The fraction of sp³-hybridized carbons (Fsp3) is 0.381. The molecule has 1 aliphatic heterocycles. The van der Waals surface area contributed by atoms with Gasteiger partial charge in [-0.2, -0.15) is 8.61 Å². The van der Waals surface area contributed by atoms with Crippen molar-refractivity contribution in [2.45, 2.75) is 22.6 Å². The van der Waals surface area contributed by atoms with E-state index in [2.05, 4.69) is 5.32 Å². The molecule has 0 aromatic heterocycles. The van der Waals surface area contributed by atoms with Gasteiger partial charge in [-0.05, 0) is 30.7 Å². The number of amides is 1. The normalized spacial score (nSPS) is 17.8. The Labute approximate surface area is 189 Å². The number of sulfonamides is 2. The van der Waals surface area contributed by atoms with Gasteiger partial charge in [-0.15, -0.1) is 0 Å². The molecule has 1 N–H and O–H groups in total. The van der Waals surface area contributed by atoms with Crippen molar-refractivity contribution in [2.24, 2.45) is 0 Å². The van der Waals surface area contributed by atoms with Crippen LogP contribution in [0.2, 0.25) is 0 Å². The smallest absolute Gasteiger partial charge is 0.243 e. The molecule has 1 saturated heterocycles. The zero-order valence-electron chi connectivity index (χ0n) is 17.8. The molecule has 1 aliphatic rings. The first-order chi connectivity index (χ1) is 15.2. The van der Waals surface area contributed by atoms with E-state index in [0.717, 1.165) is 0 Å². The van der Waals surface area contributed by atoms with Crippen LogP contribution in [0.15, 0.2) is 64.4 Å². The Morgan fingerprint density at radius 2 is 1.44 bits per heavy atom. The zero-order chi connectivity index (χ0) is 23.2. The molecule has 11 heteroatoms. The Morgan fingerprint density at radius 1 is 0.812 bits per heavy atom. The number of ether oxygens (including phenoxy) is 1. The van der Waals surface area contributed by atoms with Gasteiger partial charge in [0.1, 0.15) is 5.75 Å². The first kappa shape index (κ1) is 24.2. The zero-order valence-corrected chi connectivity index (χ0v) is 19.4. The minimum Gasteiger partial charge on any atom is -0.497 e. The second kappa shape index (κ2) is 10.4. The topological polar surface area (TPSA) is 113 Å². The molecule has 2 aromatic rings. The van der Waals surface area contributed by atoms with Crippen molar-refractivity contribution < 1.29 is 26.4 Å². The van der Waals surface area contributed by atoms with Gasteiger partial charge in [0, 0.05) is 45.2 Å². The summed E-state index contributed by atoms with van der Waals surface area (Å²) in [6.45, 7) is 0.431. The third-order valence-electron chi connectivity index (χ3n) is 5.15. The molecule has 0 atom stereocenters. The highest BCUT2D eigenvalue weighted by Gasteiger charge is 2.28. The van der Waals surface area contributed by atoms with Crippen LogP contribution < -0.4 is 10.1 Å². The summed E-state index contributed by atoms with van der Waals surface area (Å²) in [5.41, 5.74) is 0. The number of carbonyl (C=O) groups is 1. The van der Waals surface area contributed by atoms with Gasteiger partial charge in [0.15, 0.2) is 0 Å². The fourth-order valence-electron chi connectivity index (χ4n) is 3.41. The summed E-state index contributed by atoms with van der Waals surface area (Å²) >= 11 is 0. The molecule has 174 valence electrons. The molecule has 2 aromatic carbocycles. The van der Waals surface area contributed by atoms with Crippen LogP contribution in [0.1, 0.15) is 12.8 Å². The number of benzene rings is 2. The molecule has 0 bridgehead atoms. The predicted molar refractivity (Wildman–Crippen MR) is 119 cm³/mol. The first-order valence-electron chi connectivity index (χ1n) is 10.2. The largest absolute Gasteiger partial charge is 0.497 e. The van der Waals surface area contributed by atoms with Crippen molar-refractivity contribution in [2.75, 3.05) is 39.8 Å². The third-order valence-corrected chi connectivity index (χ3v) is 8.95. The van der Waals surface area contributed by atoms with Gasteiger partial charge < -0.3 is 10.1 Å². The molecule has 0 radical (unpaired) electrons.